The molecule has 0 saturated heterocycles. The van der Waals surface area contributed by atoms with Crippen molar-refractivity contribution in [1.82, 2.24) is 0 Å². The average molecular weight is 481 g/mol. The van der Waals surface area contributed by atoms with Gasteiger partial charge >= 0.3 is 5.97 Å². The van der Waals surface area contributed by atoms with Gasteiger partial charge in [-0.3, -0.25) is 4.79 Å². The summed E-state index contributed by atoms with van der Waals surface area (Å²) < 4.78 is 0. The second-order valence-corrected chi connectivity index (χ2v) is 14.0. The van der Waals surface area contributed by atoms with Crippen molar-refractivity contribution < 1.29 is 9.90 Å². The van der Waals surface area contributed by atoms with E-state index in [0.717, 1.165) is 48.3 Å². The maximum absolute atomic E-state index is 12.0. The summed E-state index contributed by atoms with van der Waals surface area (Å²) in [5.74, 6) is 7.11. The Morgan fingerprint density at radius 1 is 1.09 bits per heavy atom. The van der Waals surface area contributed by atoms with Gasteiger partial charge in [0, 0.05) is 6.42 Å². The van der Waals surface area contributed by atoms with Crippen molar-refractivity contribution in [2.45, 2.75) is 118 Å². The van der Waals surface area contributed by atoms with Crippen LogP contribution in [0.5, 0.6) is 0 Å². The van der Waals surface area contributed by atoms with E-state index in [9.17, 15) is 9.90 Å². The number of carbonyl (C=O) groups is 1. The summed E-state index contributed by atoms with van der Waals surface area (Å²) >= 11 is 0. The molecule has 1 unspecified atom stereocenters. The Bertz CT molecular complexity index is 833. The van der Waals surface area contributed by atoms with E-state index < -0.39 is 5.97 Å². The lowest BCUT2D eigenvalue weighted by atomic mass is 9.46. The number of carboxylic acid groups (broad SMARTS) is 1. The number of aliphatic carboxylic acids is 1. The summed E-state index contributed by atoms with van der Waals surface area (Å²) in [4.78, 5) is 12.0. The fraction of sp³-hybridized carbons (Fsp3) is 0.848. The van der Waals surface area contributed by atoms with Crippen LogP contribution < -0.4 is 0 Å². The molecule has 4 aliphatic rings. The Morgan fingerprint density at radius 2 is 1.86 bits per heavy atom. The van der Waals surface area contributed by atoms with Gasteiger partial charge in [-0.25, -0.2) is 0 Å². The first-order valence-electron chi connectivity index (χ1n) is 15.0. The molecule has 0 aromatic carbocycles. The molecule has 2 nitrogen and oxygen atoms in total. The number of hydrogen-bond donors (Lipinski definition) is 1. The molecule has 0 aromatic heterocycles. The fourth-order valence-corrected chi connectivity index (χ4v) is 9.86. The highest BCUT2D eigenvalue weighted by atomic mass is 16.4. The molecule has 9 atom stereocenters. The van der Waals surface area contributed by atoms with Crippen LogP contribution in [0.3, 0.4) is 0 Å². The summed E-state index contributed by atoms with van der Waals surface area (Å²) in [6, 6.07) is 0. The first-order chi connectivity index (χ1) is 16.6. The molecule has 3 fully saturated rings. The molecule has 4 rings (SSSR count). The van der Waals surface area contributed by atoms with Crippen molar-refractivity contribution >= 4 is 5.97 Å². The van der Waals surface area contributed by atoms with Crippen LogP contribution in [0.1, 0.15) is 118 Å². The third-order valence-corrected chi connectivity index (χ3v) is 11.8. The van der Waals surface area contributed by atoms with E-state index in [1.807, 2.05) is 0 Å². The highest BCUT2D eigenvalue weighted by Gasteiger charge is 2.59. The number of rotatable bonds is 9. The SMILES string of the molecule is C#CCCC(C(=O)O)[C@H]1CC[C@@]2(C)C(=CC[C@H]3[C@@H]4CC[C@H]([C@H](C)CCCC(C)C)[C@@]4(C)CC[C@@H]32)C1. The highest BCUT2D eigenvalue weighted by molar-refractivity contribution is 5.70. The van der Waals surface area contributed by atoms with E-state index in [2.05, 4.69) is 46.6 Å². The van der Waals surface area contributed by atoms with Gasteiger partial charge in [-0.1, -0.05) is 65.5 Å². The molecule has 35 heavy (non-hydrogen) atoms. The van der Waals surface area contributed by atoms with E-state index in [1.54, 1.807) is 5.57 Å². The molecule has 0 radical (unpaired) electrons. The minimum absolute atomic E-state index is 0.258. The summed E-state index contributed by atoms with van der Waals surface area (Å²) in [6.07, 6.45) is 23.6. The third-order valence-electron chi connectivity index (χ3n) is 11.8. The Kier molecular flexibility index (Phi) is 8.15. The predicted octanol–water partition coefficient (Wildman–Crippen LogP) is 8.76. The Morgan fingerprint density at radius 3 is 2.54 bits per heavy atom. The van der Waals surface area contributed by atoms with Crippen molar-refractivity contribution in [2.24, 2.45) is 58.2 Å². The van der Waals surface area contributed by atoms with Crippen molar-refractivity contribution in [3.63, 3.8) is 0 Å². The maximum atomic E-state index is 12.0. The van der Waals surface area contributed by atoms with Gasteiger partial charge < -0.3 is 5.11 Å². The van der Waals surface area contributed by atoms with E-state index >= 15 is 0 Å². The molecule has 0 aromatic rings. The van der Waals surface area contributed by atoms with Gasteiger partial charge in [0.25, 0.3) is 0 Å². The first-order valence-corrected chi connectivity index (χ1v) is 15.0. The minimum atomic E-state index is -0.643. The van der Waals surface area contributed by atoms with E-state index in [0.29, 0.717) is 18.3 Å². The molecule has 4 aliphatic carbocycles. The first kappa shape index (κ1) is 26.8. The van der Waals surface area contributed by atoms with Crippen LogP contribution in [0.25, 0.3) is 0 Å². The molecule has 2 heteroatoms. The quantitative estimate of drug-likeness (QED) is 0.264. The largest absolute Gasteiger partial charge is 0.481 e. The average Bonchev–Trinajstić information content (AvgIpc) is 3.16. The molecule has 0 spiro atoms. The lowest BCUT2D eigenvalue weighted by molar-refractivity contribution is -0.144. The zero-order valence-electron chi connectivity index (χ0n) is 23.3. The van der Waals surface area contributed by atoms with Crippen LogP contribution >= 0.6 is 0 Å². The third kappa shape index (κ3) is 5.00. The molecular weight excluding hydrogens is 428 g/mol. The van der Waals surface area contributed by atoms with Crippen LogP contribution in [0.4, 0.5) is 0 Å². The van der Waals surface area contributed by atoms with E-state index in [4.69, 9.17) is 6.42 Å². The van der Waals surface area contributed by atoms with Crippen LogP contribution in [0.2, 0.25) is 0 Å². The van der Waals surface area contributed by atoms with Gasteiger partial charge in [-0.15, -0.1) is 12.3 Å². The minimum Gasteiger partial charge on any atom is -0.481 e. The molecule has 0 heterocycles. The second kappa shape index (κ2) is 10.6. The molecule has 196 valence electrons. The second-order valence-electron chi connectivity index (χ2n) is 14.0. The monoisotopic (exact) mass is 480 g/mol. The van der Waals surface area contributed by atoms with Gasteiger partial charge in [-0.2, -0.15) is 0 Å². The summed E-state index contributed by atoms with van der Waals surface area (Å²) in [5, 5.41) is 9.89. The zero-order chi connectivity index (χ0) is 25.4. The number of carboxylic acids is 1. The van der Waals surface area contributed by atoms with Gasteiger partial charge in [0.15, 0.2) is 0 Å². The molecule has 0 amide bonds. The molecule has 0 aliphatic heterocycles. The maximum Gasteiger partial charge on any atom is 0.306 e. The number of allylic oxidation sites excluding steroid dienone is 2. The van der Waals surface area contributed by atoms with Gasteiger partial charge in [0.1, 0.15) is 0 Å². The van der Waals surface area contributed by atoms with Crippen molar-refractivity contribution in [1.29, 1.82) is 0 Å². The lowest BCUT2D eigenvalue weighted by Gasteiger charge is -2.59. The van der Waals surface area contributed by atoms with E-state index in [1.165, 1.54) is 57.8 Å². The number of terminal acetylenes is 1. The number of hydrogen-bond acceptors (Lipinski definition) is 1. The zero-order valence-corrected chi connectivity index (χ0v) is 23.3. The summed E-state index contributed by atoms with van der Waals surface area (Å²) in [6.45, 7) is 12.5. The molecule has 3 saturated carbocycles. The smallest absolute Gasteiger partial charge is 0.306 e. The molecule has 1 N–H and O–H groups in total. The summed E-state index contributed by atoms with van der Waals surface area (Å²) in [7, 11) is 0. The topological polar surface area (TPSA) is 37.3 Å². The van der Waals surface area contributed by atoms with Crippen LogP contribution in [0, 0.1) is 70.5 Å². The Balaban J connectivity index is 1.47. The Labute approximate surface area is 216 Å². The standard InChI is InChI=1S/C33H52O2/c1-7-8-12-26(31(34)35)24-17-19-32(5)25(21-24)13-14-27-29-16-15-28(23(4)11-9-10-22(2)3)33(29,6)20-18-30(27)32/h1,13,22-24,26-30H,8-12,14-21H2,2-6H3,(H,34,35)/t23-,24+,26?,27+,28-,29+,30+,32+,33-/m1/s1. The Hall–Kier alpha value is -1.23. The molecule has 0 bridgehead atoms. The van der Waals surface area contributed by atoms with Crippen molar-refractivity contribution in [2.75, 3.05) is 0 Å². The highest BCUT2D eigenvalue weighted by Crippen LogP contribution is 2.67. The predicted molar refractivity (Wildman–Crippen MR) is 146 cm³/mol. The van der Waals surface area contributed by atoms with Gasteiger partial charge in [0.05, 0.1) is 5.92 Å². The van der Waals surface area contributed by atoms with Crippen LogP contribution in [-0.4, -0.2) is 11.1 Å². The van der Waals surface area contributed by atoms with E-state index in [-0.39, 0.29) is 17.3 Å². The summed E-state index contributed by atoms with van der Waals surface area (Å²) in [5.41, 5.74) is 2.42. The van der Waals surface area contributed by atoms with Crippen molar-refractivity contribution in [3.05, 3.63) is 11.6 Å². The molecular formula is C33H52O2. The lowest BCUT2D eigenvalue weighted by Crippen LogP contribution is -2.51. The van der Waals surface area contributed by atoms with Crippen molar-refractivity contribution in [3.8, 4) is 12.3 Å². The van der Waals surface area contributed by atoms with Crippen LogP contribution in [0.15, 0.2) is 11.6 Å². The van der Waals surface area contributed by atoms with Gasteiger partial charge in [0.2, 0.25) is 0 Å². The van der Waals surface area contributed by atoms with Gasteiger partial charge in [-0.05, 0) is 110 Å². The number of fused-ring (bicyclic) bond motifs is 5. The van der Waals surface area contributed by atoms with Crippen LogP contribution in [-0.2, 0) is 4.79 Å². The normalized spacial score (nSPS) is 40.1. The fourth-order valence-electron chi connectivity index (χ4n) is 9.86.